The number of esters is 1. The number of ether oxygens (including phenoxy) is 2. The first kappa shape index (κ1) is 13.9. The van der Waals surface area contributed by atoms with Crippen molar-refractivity contribution in [1.29, 1.82) is 0 Å². The Hall–Kier alpha value is -1.09. The van der Waals surface area contributed by atoms with Crippen molar-refractivity contribution in [1.82, 2.24) is 0 Å². The van der Waals surface area contributed by atoms with E-state index in [0.717, 1.165) is 0 Å². The minimum absolute atomic E-state index is 0.0469. The molecule has 0 heterocycles. The first-order chi connectivity index (χ1) is 7.24. The highest BCUT2D eigenvalue weighted by molar-refractivity contribution is 5.81. The lowest BCUT2D eigenvalue weighted by Crippen LogP contribution is -2.08. The molecule has 0 rings (SSSR count). The fourth-order valence-corrected chi connectivity index (χ4v) is 1.12. The zero-order valence-corrected chi connectivity index (χ0v) is 9.73. The van der Waals surface area contributed by atoms with Crippen LogP contribution in [0, 0.1) is 0 Å². The summed E-state index contributed by atoms with van der Waals surface area (Å²) in [5, 5.41) is 0. The summed E-state index contributed by atoms with van der Waals surface area (Å²) >= 11 is 0. The summed E-state index contributed by atoms with van der Waals surface area (Å²) in [4.78, 5) is 11.0. The average Bonchev–Trinajstić information content (AvgIpc) is 2.19. The summed E-state index contributed by atoms with van der Waals surface area (Å²) < 4.78 is 10.2. The molecule has 0 aromatic heterocycles. The molecule has 0 N–H and O–H groups in total. The van der Waals surface area contributed by atoms with Gasteiger partial charge in [0.2, 0.25) is 0 Å². The number of carbonyl (C=O) groups is 1. The first-order valence-electron chi connectivity index (χ1n) is 5.32. The van der Waals surface area contributed by atoms with Gasteiger partial charge in [-0.1, -0.05) is 18.2 Å². The monoisotopic (exact) mass is 212 g/mol. The first-order valence-corrected chi connectivity index (χ1v) is 5.32. The van der Waals surface area contributed by atoms with Gasteiger partial charge in [0, 0.05) is 12.7 Å². The van der Waals surface area contributed by atoms with Gasteiger partial charge in [-0.15, -0.1) is 0 Å². The van der Waals surface area contributed by atoms with Crippen LogP contribution in [-0.2, 0) is 14.3 Å². The van der Waals surface area contributed by atoms with Crippen LogP contribution in [0.15, 0.2) is 24.3 Å². The molecule has 0 aliphatic carbocycles. The maximum absolute atomic E-state index is 11.0. The van der Waals surface area contributed by atoms with Crippen molar-refractivity contribution in [3.05, 3.63) is 24.3 Å². The van der Waals surface area contributed by atoms with Gasteiger partial charge in [0.05, 0.1) is 12.7 Å². The highest BCUT2D eigenvalue weighted by Crippen LogP contribution is 2.02. The van der Waals surface area contributed by atoms with Crippen molar-refractivity contribution in [2.45, 2.75) is 33.3 Å². The molecule has 3 nitrogen and oxygen atoms in total. The van der Waals surface area contributed by atoms with Crippen LogP contribution in [0.4, 0.5) is 0 Å². The van der Waals surface area contributed by atoms with Crippen molar-refractivity contribution in [2.24, 2.45) is 0 Å². The fourth-order valence-electron chi connectivity index (χ4n) is 1.12. The smallest absolute Gasteiger partial charge is 0.330 e. The third-order valence-corrected chi connectivity index (χ3v) is 1.70. The quantitative estimate of drug-likeness (QED) is 0.369. The number of hydrogen-bond donors (Lipinski definition) is 0. The lowest BCUT2D eigenvalue weighted by molar-refractivity contribution is -0.137. The largest absolute Gasteiger partial charge is 0.463 e. The van der Waals surface area contributed by atoms with Gasteiger partial charge in [-0.25, -0.2) is 4.79 Å². The predicted octanol–water partition coefficient (Wildman–Crippen LogP) is 2.48. The van der Waals surface area contributed by atoms with Crippen LogP contribution < -0.4 is 0 Å². The van der Waals surface area contributed by atoms with E-state index in [1.54, 1.807) is 13.0 Å². The number of allylic oxidation sites excluding steroid dienone is 1. The summed E-state index contributed by atoms with van der Waals surface area (Å²) in [5.41, 5.74) is 0. The van der Waals surface area contributed by atoms with Crippen molar-refractivity contribution in [2.75, 3.05) is 13.2 Å². The second-order valence-corrected chi connectivity index (χ2v) is 2.91. The van der Waals surface area contributed by atoms with Crippen molar-refractivity contribution >= 4 is 5.97 Å². The molecule has 0 radical (unpaired) electrons. The van der Waals surface area contributed by atoms with E-state index < -0.39 is 0 Å². The molecule has 3 heteroatoms. The molecule has 0 fully saturated rings. The molecule has 1 atom stereocenters. The van der Waals surface area contributed by atoms with Crippen molar-refractivity contribution in [3.63, 3.8) is 0 Å². The van der Waals surface area contributed by atoms with Gasteiger partial charge in [0.15, 0.2) is 0 Å². The normalized spacial score (nSPS) is 13.5. The lowest BCUT2D eigenvalue weighted by Gasteiger charge is -2.09. The lowest BCUT2D eigenvalue weighted by atomic mass is 10.2. The topological polar surface area (TPSA) is 35.5 Å². The Labute approximate surface area is 91.8 Å². The van der Waals surface area contributed by atoms with Gasteiger partial charge in [-0.05, 0) is 27.2 Å². The van der Waals surface area contributed by atoms with E-state index in [-0.39, 0.29) is 12.1 Å². The molecule has 0 aromatic carbocycles. The molecule has 0 aromatic rings. The molecule has 0 amide bonds. The highest BCUT2D eigenvalue weighted by atomic mass is 16.5. The zero-order chi connectivity index (χ0) is 11.5. The summed E-state index contributed by atoms with van der Waals surface area (Å²) in [5.74, 6) is -0.298. The van der Waals surface area contributed by atoms with Crippen LogP contribution in [-0.4, -0.2) is 25.3 Å². The van der Waals surface area contributed by atoms with E-state index in [0.29, 0.717) is 19.6 Å². The Kier molecular flexibility index (Phi) is 8.78. The molecule has 0 saturated carbocycles. The van der Waals surface area contributed by atoms with E-state index >= 15 is 0 Å². The second-order valence-electron chi connectivity index (χ2n) is 2.91. The van der Waals surface area contributed by atoms with Gasteiger partial charge >= 0.3 is 5.97 Å². The van der Waals surface area contributed by atoms with Crippen molar-refractivity contribution < 1.29 is 14.3 Å². The fraction of sp³-hybridized carbons (Fsp3) is 0.583. The molecular weight excluding hydrogens is 192 g/mol. The Morgan fingerprint density at radius 1 is 1.33 bits per heavy atom. The molecule has 0 aliphatic heterocycles. The number of rotatable bonds is 7. The van der Waals surface area contributed by atoms with Gasteiger partial charge in [0.25, 0.3) is 0 Å². The van der Waals surface area contributed by atoms with Gasteiger partial charge in [-0.3, -0.25) is 0 Å². The van der Waals surface area contributed by atoms with Gasteiger partial charge in [-0.2, -0.15) is 0 Å². The third kappa shape index (κ3) is 7.94. The van der Waals surface area contributed by atoms with E-state index in [4.69, 9.17) is 9.47 Å². The van der Waals surface area contributed by atoms with Crippen LogP contribution in [0.5, 0.6) is 0 Å². The molecule has 86 valence electrons. The molecule has 0 bridgehead atoms. The summed E-state index contributed by atoms with van der Waals surface area (Å²) in [7, 11) is 0. The van der Waals surface area contributed by atoms with Gasteiger partial charge in [0.1, 0.15) is 0 Å². The Bertz CT molecular complexity index is 219. The zero-order valence-electron chi connectivity index (χ0n) is 9.73. The molecule has 1 unspecified atom stereocenters. The summed E-state index contributed by atoms with van der Waals surface area (Å²) in [6, 6.07) is 0. The van der Waals surface area contributed by atoms with Crippen LogP contribution in [0.3, 0.4) is 0 Å². The maximum Gasteiger partial charge on any atom is 0.330 e. The highest BCUT2D eigenvalue weighted by Gasteiger charge is 2.01. The predicted molar refractivity (Wildman–Crippen MR) is 60.6 cm³/mol. The minimum Gasteiger partial charge on any atom is -0.463 e. The molecule has 15 heavy (non-hydrogen) atoms. The van der Waals surface area contributed by atoms with E-state index in [2.05, 4.69) is 0 Å². The summed E-state index contributed by atoms with van der Waals surface area (Å²) in [6.07, 6.45) is 7.87. The van der Waals surface area contributed by atoms with E-state index in [9.17, 15) is 4.79 Å². The Balaban J connectivity index is 3.91. The van der Waals surface area contributed by atoms with E-state index in [1.807, 2.05) is 26.0 Å². The Morgan fingerprint density at radius 2 is 2.07 bits per heavy atom. The van der Waals surface area contributed by atoms with Crippen LogP contribution >= 0.6 is 0 Å². The SMILES string of the molecule is CC=CC(CC=CC(=O)OCC)OCC. The molecule has 0 saturated heterocycles. The molecule has 0 aliphatic rings. The number of hydrogen-bond acceptors (Lipinski definition) is 3. The minimum atomic E-state index is -0.298. The average molecular weight is 212 g/mol. The Morgan fingerprint density at radius 3 is 2.60 bits per heavy atom. The second kappa shape index (κ2) is 9.46. The van der Waals surface area contributed by atoms with Crippen LogP contribution in [0.25, 0.3) is 0 Å². The summed E-state index contributed by atoms with van der Waals surface area (Å²) in [6.45, 7) is 6.76. The third-order valence-electron chi connectivity index (χ3n) is 1.70. The van der Waals surface area contributed by atoms with Crippen LogP contribution in [0.1, 0.15) is 27.2 Å². The van der Waals surface area contributed by atoms with Crippen LogP contribution in [0.2, 0.25) is 0 Å². The van der Waals surface area contributed by atoms with Gasteiger partial charge < -0.3 is 9.47 Å². The maximum atomic E-state index is 11.0. The molecule has 0 spiro atoms. The van der Waals surface area contributed by atoms with E-state index in [1.165, 1.54) is 6.08 Å². The number of carbonyl (C=O) groups excluding carboxylic acids is 1. The standard InChI is InChI=1S/C12H20O3/c1-4-8-11(14-5-2)9-7-10-12(13)15-6-3/h4,7-8,10-11H,5-6,9H2,1-3H3. The van der Waals surface area contributed by atoms with Crippen molar-refractivity contribution in [3.8, 4) is 0 Å². The molecular formula is C12H20O3.